The molecule has 2 aliphatic heterocycles. The first-order valence-corrected chi connectivity index (χ1v) is 22.7. The Balaban J connectivity index is 0.00000578. The van der Waals surface area contributed by atoms with E-state index in [1.165, 1.54) is 29.4 Å². The molecule has 0 unspecified atom stereocenters. The maximum absolute atomic E-state index is 12.6. The third kappa shape index (κ3) is 8.35. The predicted molar refractivity (Wildman–Crippen MR) is 277 cm³/mol. The average Bonchev–Trinajstić information content (AvgIpc) is 4.15. The topological polar surface area (TPSA) is 83.5 Å². The summed E-state index contributed by atoms with van der Waals surface area (Å²) in [5.74, 6) is -0.396. The van der Waals surface area contributed by atoms with Crippen molar-refractivity contribution >= 4 is 69.4 Å². The van der Waals surface area contributed by atoms with Gasteiger partial charge in [0.25, 0.3) is 0 Å². The number of aryl methyl sites for hydroxylation is 8. The molecule has 0 amide bonds. The third-order valence-corrected chi connectivity index (χ3v) is 12.8. The number of nitrogens with zero attached hydrogens (tertiary/aromatic N) is 5. The minimum atomic E-state index is -0.396. The summed E-state index contributed by atoms with van der Waals surface area (Å²) in [4.78, 5) is 37.2. The Labute approximate surface area is 411 Å². The van der Waals surface area contributed by atoms with Gasteiger partial charge in [0.2, 0.25) is 0 Å². The number of aromatic nitrogens is 4. The van der Waals surface area contributed by atoms with Crippen LogP contribution >= 0.6 is 0 Å². The molecule has 5 aromatic carbocycles. The van der Waals surface area contributed by atoms with E-state index in [1.807, 2.05) is 12.1 Å². The quantitative estimate of drug-likeness (QED) is 0.116. The van der Waals surface area contributed by atoms with Gasteiger partial charge in [0.1, 0.15) is 0 Å². The van der Waals surface area contributed by atoms with E-state index in [0.29, 0.717) is 5.56 Å². The first-order valence-electron chi connectivity index (χ1n) is 22.7. The Kier molecular flexibility index (Phi) is 12.3. The van der Waals surface area contributed by atoms with Crippen molar-refractivity contribution in [3.8, 4) is 33.4 Å². The number of ether oxygens (including phenoxy) is 1. The van der Waals surface area contributed by atoms with Crippen molar-refractivity contribution in [3.63, 3.8) is 0 Å². The molecule has 8 aromatic rings. The van der Waals surface area contributed by atoms with Crippen LogP contribution in [0.25, 0.3) is 79.8 Å². The van der Waals surface area contributed by atoms with E-state index in [-0.39, 0.29) is 19.5 Å². The molecule has 0 atom stereocenters. The van der Waals surface area contributed by atoms with Gasteiger partial charge in [-0.2, -0.15) is 0 Å². The number of anilines is 3. The first-order chi connectivity index (χ1) is 32.3. The second kappa shape index (κ2) is 18.3. The van der Waals surface area contributed by atoms with Crippen LogP contribution in [0.4, 0.5) is 17.1 Å². The summed E-state index contributed by atoms with van der Waals surface area (Å²) in [5.41, 5.74) is 24.6. The van der Waals surface area contributed by atoms with Crippen molar-refractivity contribution in [2.45, 2.75) is 55.4 Å². The molecule has 0 aliphatic carbocycles. The molecule has 8 heteroatoms. The van der Waals surface area contributed by atoms with Crippen LogP contribution in [0.5, 0.6) is 0 Å². The first kappa shape index (κ1) is 45.7. The summed E-state index contributed by atoms with van der Waals surface area (Å²) in [6.07, 6.45) is 8.42. The monoisotopic (exact) mass is 937 g/mol. The number of esters is 1. The van der Waals surface area contributed by atoms with Crippen LogP contribution in [0.15, 0.2) is 121 Å². The molecule has 10 rings (SSSR count). The Morgan fingerprint density at radius 2 is 0.824 bits per heavy atom. The molecule has 330 valence electrons. The second-order valence-electron chi connectivity index (χ2n) is 18.0. The fraction of sp³-hybridized carbons (Fsp3) is 0.150. The maximum atomic E-state index is 12.6. The Morgan fingerprint density at radius 1 is 0.441 bits per heavy atom. The molecule has 5 heterocycles. The van der Waals surface area contributed by atoms with E-state index >= 15 is 0 Å². The average molecular weight is 939 g/mol. The number of carbonyl (C=O) groups is 1. The molecule has 0 spiro atoms. The number of rotatable bonds is 7. The van der Waals surface area contributed by atoms with Crippen LogP contribution in [0, 0.1) is 55.4 Å². The zero-order valence-corrected chi connectivity index (χ0v) is 43.1. The van der Waals surface area contributed by atoms with Crippen molar-refractivity contribution in [1.29, 1.82) is 0 Å². The minimum Gasteiger partial charge on any atom is -0.657 e. The number of methoxy groups -OCH3 is 1. The third-order valence-electron chi connectivity index (χ3n) is 12.8. The molecular formula is C60H51N5O2Zn. The van der Waals surface area contributed by atoms with Gasteiger partial charge in [-0.1, -0.05) is 107 Å². The number of carbonyl (C=O) groups excluding carboxylic acids is 1. The molecule has 0 N–H and O–H groups in total. The summed E-state index contributed by atoms with van der Waals surface area (Å²) in [7, 11) is 1.40. The van der Waals surface area contributed by atoms with Gasteiger partial charge in [-0.3, -0.25) is 0 Å². The van der Waals surface area contributed by atoms with Crippen molar-refractivity contribution in [2.24, 2.45) is 0 Å². The molecule has 7 nitrogen and oxygen atoms in total. The smallest absolute Gasteiger partial charge is 0.657 e. The maximum Gasteiger partial charge on any atom is 2.00 e. The standard InChI is InChI=1S/C60H52N5O2.Zn/c1-34-10-18-44(19-11-34)65(45-20-12-35(2)13-21-45)59-52-28-26-50(63-52)57(54-38(5)30-36(3)31-39(54)6)48-24-22-46(61-48)56(42-14-16-43(17-15-42)60(66)67-9)47-23-25-49(62-47)58(51-27-29-53(59)64-51)55-40(7)32-37(4)33-41(55)8;/h10-33H,1-9H3,(H-,61,62,63,64,66);/q-1;+2/p-1. The van der Waals surface area contributed by atoms with Crippen LogP contribution in [-0.4, -0.2) is 23.0 Å². The normalized spacial score (nSPS) is 11.7. The molecule has 68 heavy (non-hydrogen) atoms. The Morgan fingerprint density at radius 3 is 1.28 bits per heavy atom. The van der Waals surface area contributed by atoms with Crippen LogP contribution < -0.4 is 14.9 Å². The zero-order chi connectivity index (χ0) is 46.7. The number of hydrogen-bond acceptors (Lipinski definition) is 5. The van der Waals surface area contributed by atoms with E-state index in [4.69, 9.17) is 24.7 Å². The largest absolute Gasteiger partial charge is 2.00 e. The molecule has 0 radical (unpaired) electrons. The summed E-state index contributed by atoms with van der Waals surface area (Å²) in [5, 5.41) is 0. The van der Waals surface area contributed by atoms with Gasteiger partial charge < -0.3 is 19.6 Å². The SMILES string of the molecule is COC(=O)c1ccc(-c2c3nc(c(-c4c(C)cc(C)cc4C)c4ccc([n-]4)c(N(c4ccc(C)cc4)c4ccc(C)cc4)c4nc(c(-c5c(C)cc(C)cc5C)c5ccc2[n-]5)C=C4)C=C3)cc1.[Zn+2]. The van der Waals surface area contributed by atoms with E-state index in [9.17, 15) is 4.79 Å². The molecule has 2 aliphatic rings. The van der Waals surface area contributed by atoms with E-state index in [0.717, 1.165) is 118 Å². The van der Waals surface area contributed by atoms with Gasteiger partial charge in [0, 0.05) is 11.4 Å². The van der Waals surface area contributed by atoms with Gasteiger partial charge in [-0.15, -0.1) is 22.1 Å². The predicted octanol–water partition coefficient (Wildman–Crippen LogP) is 14.6. The Hall–Kier alpha value is -7.41. The minimum absolute atomic E-state index is 0. The second-order valence-corrected chi connectivity index (χ2v) is 18.0. The van der Waals surface area contributed by atoms with Crippen molar-refractivity contribution in [1.82, 2.24) is 19.9 Å². The summed E-state index contributed by atoms with van der Waals surface area (Å²) in [6, 6.07) is 42.1. The van der Waals surface area contributed by atoms with E-state index in [2.05, 4.69) is 182 Å². The Bertz CT molecular complexity index is 3390. The molecule has 3 aromatic heterocycles. The molecule has 0 saturated carbocycles. The summed E-state index contributed by atoms with van der Waals surface area (Å²) in [6.45, 7) is 17.2. The van der Waals surface area contributed by atoms with Gasteiger partial charge >= 0.3 is 25.4 Å². The number of hydrogen-bond donors (Lipinski definition) is 0. The van der Waals surface area contributed by atoms with E-state index in [1.54, 1.807) is 12.1 Å². The number of fused-ring (bicyclic) bond motifs is 8. The van der Waals surface area contributed by atoms with Crippen LogP contribution in [0.2, 0.25) is 0 Å². The molecular weight excluding hydrogens is 888 g/mol. The van der Waals surface area contributed by atoms with Gasteiger partial charge in [0.15, 0.2) is 0 Å². The van der Waals surface area contributed by atoms with Crippen molar-refractivity contribution in [2.75, 3.05) is 12.0 Å². The molecule has 8 bridgehead atoms. The number of benzene rings is 5. The van der Waals surface area contributed by atoms with Crippen LogP contribution in [-0.2, 0) is 24.2 Å². The van der Waals surface area contributed by atoms with Gasteiger partial charge in [-0.25, -0.2) is 14.8 Å². The van der Waals surface area contributed by atoms with Crippen molar-refractivity contribution < 1.29 is 29.0 Å². The van der Waals surface area contributed by atoms with Gasteiger partial charge in [-0.05, 0) is 172 Å². The summed E-state index contributed by atoms with van der Waals surface area (Å²) >= 11 is 0. The van der Waals surface area contributed by atoms with Crippen molar-refractivity contribution in [3.05, 3.63) is 194 Å². The zero-order valence-electron chi connectivity index (χ0n) is 40.1. The van der Waals surface area contributed by atoms with Gasteiger partial charge in [0.05, 0.1) is 41.1 Å². The van der Waals surface area contributed by atoms with E-state index < -0.39 is 5.97 Å². The fourth-order valence-corrected chi connectivity index (χ4v) is 9.94. The fourth-order valence-electron chi connectivity index (χ4n) is 9.94. The molecule has 0 saturated heterocycles. The van der Waals surface area contributed by atoms with Crippen LogP contribution in [0.3, 0.4) is 0 Å². The molecule has 0 fully saturated rings. The van der Waals surface area contributed by atoms with Crippen LogP contribution in [0.1, 0.15) is 77.6 Å². The summed E-state index contributed by atoms with van der Waals surface area (Å²) < 4.78 is 5.07.